The predicted octanol–water partition coefficient (Wildman–Crippen LogP) is 4.21. The monoisotopic (exact) mass is 516 g/mol. The maximum Gasteiger partial charge on any atom is 0.433 e. The Balaban J connectivity index is 1.40. The number of amides is 2. The van der Waals surface area contributed by atoms with Gasteiger partial charge in [0.05, 0.1) is 25.0 Å². The quantitative estimate of drug-likeness (QED) is 0.277. The summed E-state index contributed by atoms with van der Waals surface area (Å²) < 4.78 is 58.3. The van der Waals surface area contributed by atoms with Crippen LogP contribution in [0.5, 0.6) is 0 Å². The molecule has 0 spiro atoms. The van der Waals surface area contributed by atoms with Gasteiger partial charge in [0.25, 0.3) is 0 Å². The third kappa shape index (κ3) is 6.37. The summed E-state index contributed by atoms with van der Waals surface area (Å²) in [4.78, 5) is 31.5. The molecule has 0 saturated carbocycles. The molecule has 2 aromatic carbocycles. The Morgan fingerprint density at radius 1 is 1.22 bits per heavy atom. The molecule has 1 atom stereocenters. The highest BCUT2D eigenvalue weighted by Gasteiger charge is 2.33. The van der Waals surface area contributed by atoms with Crippen molar-refractivity contribution < 1.29 is 31.9 Å². The number of anilines is 2. The Hall–Kier alpha value is -4.55. The van der Waals surface area contributed by atoms with Crippen molar-refractivity contribution in [2.75, 3.05) is 23.4 Å². The lowest BCUT2D eigenvalue weighted by atomic mass is 10.0. The normalized spacial score (nSPS) is 15.6. The number of rotatable bonds is 7. The van der Waals surface area contributed by atoms with Crippen LogP contribution in [0.1, 0.15) is 18.2 Å². The van der Waals surface area contributed by atoms with E-state index in [4.69, 9.17) is 4.74 Å². The topological polar surface area (TPSA) is 109 Å². The van der Waals surface area contributed by atoms with Crippen LogP contribution in [0.4, 0.5) is 34.0 Å². The van der Waals surface area contributed by atoms with Crippen LogP contribution in [0.15, 0.2) is 59.8 Å². The molecule has 13 heteroatoms. The number of aromatic nitrogens is 2. The van der Waals surface area contributed by atoms with Crippen LogP contribution >= 0.6 is 0 Å². The van der Waals surface area contributed by atoms with Gasteiger partial charge in [-0.3, -0.25) is 9.69 Å². The first-order chi connectivity index (χ1) is 17.6. The lowest BCUT2D eigenvalue weighted by Crippen LogP contribution is -2.33. The van der Waals surface area contributed by atoms with Gasteiger partial charge < -0.3 is 10.1 Å². The zero-order chi connectivity index (χ0) is 26.6. The summed E-state index contributed by atoms with van der Waals surface area (Å²) in [6.07, 6.45) is -3.44. The zero-order valence-electron chi connectivity index (χ0n) is 19.3. The molecular formula is C24H20F4N6O3. The maximum atomic E-state index is 14.9. The van der Waals surface area contributed by atoms with E-state index in [9.17, 15) is 27.2 Å². The number of ether oxygens (including phenoxy) is 1. The number of carbonyl (C=O) groups is 2. The van der Waals surface area contributed by atoms with E-state index in [-0.39, 0.29) is 24.9 Å². The average molecular weight is 516 g/mol. The fourth-order valence-corrected chi connectivity index (χ4v) is 3.49. The summed E-state index contributed by atoms with van der Waals surface area (Å²) >= 11 is 0. The van der Waals surface area contributed by atoms with Crippen molar-refractivity contribution in [2.45, 2.75) is 19.2 Å². The van der Waals surface area contributed by atoms with Crippen molar-refractivity contribution in [3.63, 3.8) is 0 Å². The summed E-state index contributed by atoms with van der Waals surface area (Å²) in [5.41, 5.74) is 3.01. The van der Waals surface area contributed by atoms with Crippen LogP contribution in [-0.4, -0.2) is 47.4 Å². The highest BCUT2D eigenvalue weighted by Crippen LogP contribution is 2.29. The minimum absolute atomic E-state index is 0.163. The van der Waals surface area contributed by atoms with E-state index in [0.717, 1.165) is 12.3 Å². The minimum atomic E-state index is -4.60. The number of hydrogen-bond acceptors (Lipinski definition) is 7. The first-order valence-electron chi connectivity index (χ1n) is 10.9. The van der Waals surface area contributed by atoms with E-state index < -0.39 is 29.9 Å². The van der Waals surface area contributed by atoms with E-state index in [1.165, 1.54) is 30.2 Å². The lowest BCUT2D eigenvalue weighted by molar-refractivity contribution is -0.141. The van der Waals surface area contributed by atoms with Gasteiger partial charge in [0.2, 0.25) is 11.9 Å². The number of carbonyl (C=O) groups excluding carboxylic acids is 2. The van der Waals surface area contributed by atoms with Gasteiger partial charge in [-0.25, -0.2) is 24.6 Å². The van der Waals surface area contributed by atoms with Crippen LogP contribution in [0.3, 0.4) is 0 Å². The number of alkyl halides is 3. The van der Waals surface area contributed by atoms with Gasteiger partial charge in [-0.15, -0.1) is 0 Å². The van der Waals surface area contributed by atoms with E-state index in [1.807, 2.05) is 0 Å². The molecule has 4 rings (SSSR count). The van der Waals surface area contributed by atoms with Gasteiger partial charge in [-0.05, 0) is 35.4 Å². The second kappa shape index (κ2) is 10.6. The van der Waals surface area contributed by atoms with Gasteiger partial charge in [-0.2, -0.15) is 18.3 Å². The molecule has 0 bridgehead atoms. The van der Waals surface area contributed by atoms with Crippen molar-refractivity contribution in [1.29, 1.82) is 0 Å². The Morgan fingerprint density at radius 2 is 1.97 bits per heavy atom. The zero-order valence-corrected chi connectivity index (χ0v) is 19.3. The molecule has 37 heavy (non-hydrogen) atoms. The average Bonchev–Trinajstić information content (AvgIpc) is 3.23. The fourth-order valence-electron chi connectivity index (χ4n) is 3.49. The summed E-state index contributed by atoms with van der Waals surface area (Å²) in [5, 5.41) is 6.41. The molecule has 9 nitrogen and oxygen atoms in total. The molecule has 2 amide bonds. The third-order valence-corrected chi connectivity index (χ3v) is 5.26. The van der Waals surface area contributed by atoms with Crippen LogP contribution in [0.2, 0.25) is 0 Å². The molecule has 0 radical (unpaired) electrons. The van der Waals surface area contributed by atoms with Gasteiger partial charge in [0, 0.05) is 18.7 Å². The molecule has 1 saturated heterocycles. The number of nitrogens with zero attached hydrogens (tertiary/aromatic N) is 4. The van der Waals surface area contributed by atoms with Crippen molar-refractivity contribution in [3.8, 4) is 11.1 Å². The van der Waals surface area contributed by atoms with Gasteiger partial charge >= 0.3 is 12.3 Å². The maximum absolute atomic E-state index is 14.9. The SMILES string of the molecule is CC(=O)NC[C@H]1CN(c2ccc(-c3ccc(C=NNc4nccc(C(F)(F)F)n4)cc3)c(F)c2)C(=O)O1. The second-order valence-electron chi connectivity index (χ2n) is 7.97. The van der Waals surface area contributed by atoms with Crippen molar-refractivity contribution in [2.24, 2.45) is 5.10 Å². The molecular weight excluding hydrogens is 496 g/mol. The minimum Gasteiger partial charge on any atom is -0.442 e. The van der Waals surface area contributed by atoms with Crippen molar-refractivity contribution in [3.05, 3.63) is 71.8 Å². The largest absolute Gasteiger partial charge is 0.442 e. The lowest BCUT2D eigenvalue weighted by Gasteiger charge is -2.14. The molecule has 192 valence electrons. The summed E-state index contributed by atoms with van der Waals surface area (Å²) in [5.74, 6) is -1.11. The van der Waals surface area contributed by atoms with Crippen molar-refractivity contribution in [1.82, 2.24) is 15.3 Å². The highest BCUT2D eigenvalue weighted by atomic mass is 19.4. The number of nitrogens with one attached hydrogen (secondary N) is 2. The van der Waals surface area contributed by atoms with Crippen LogP contribution in [0, 0.1) is 5.82 Å². The molecule has 1 aromatic heterocycles. The van der Waals surface area contributed by atoms with Crippen LogP contribution < -0.4 is 15.6 Å². The number of cyclic esters (lactones) is 1. The van der Waals surface area contributed by atoms with Gasteiger partial charge in [0.15, 0.2) is 0 Å². The molecule has 1 aliphatic heterocycles. The molecule has 2 heterocycles. The molecule has 3 aromatic rings. The number of hydrogen-bond donors (Lipinski definition) is 2. The van der Waals surface area contributed by atoms with E-state index in [0.29, 0.717) is 22.4 Å². The van der Waals surface area contributed by atoms with Crippen LogP contribution in [-0.2, 0) is 15.7 Å². The first kappa shape index (κ1) is 25.5. The summed E-state index contributed by atoms with van der Waals surface area (Å²) in [7, 11) is 0. The molecule has 0 unspecified atom stereocenters. The predicted molar refractivity (Wildman–Crippen MR) is 126 cm³/mol. The Kier molecular flexibility index (Phi) is 7.32. The van der Waals surface area contributed by atoms with Gasteiger partial charge in [-0.1, -0.05) is 24.3 Å². The summed E-state index contributed by atoms with van der Waals surface area (Å²) in [6, 6.07) is 11.7. The number of benzene rings is 2. The summed E-state index contributed by atoms with van der Waals surface area (Å²) in [6.45, 7) is 1.69. The Bertz CT molecular complexity index is 1330. The number of hydrazone groups is 1. The molecule has 1 aliphatic rings. The fraction of sp³-hybridized carbons (Fsp3) is 0.208. The highest BCUT2D eigenvalue weighted by molar-refractivity contribution is 5.90. The Morgan fingerprint density at radius 3 is 2.65 bits per heavy atom. The second-order valence-corrected chi connectivity index (χ2v) is 7.97. The molecule has 2 N–H and O–H groups in total. The molecule has 1 fully saturated rings. The smallest absolute Gasteiger partial charge is 0.433 e. The van der Waals surface area contributed by atoms with E-state index in [2.05, 4.69) is 25.8 Å². The standard InChI is InChI=1S/C24H20F4N6O3/c1-14(35)30-12-18-13-34(23(36)37-18)17-6-7-19(20(25)10-17)16-4-2-15(3-5-16)11-31-33-22-29-9-8-21(32-22)24(26,27)28/h2-11,18H,12-13H2,1H3,(H,30,35)(H,29,32,33)/t18-/m0/s1. The number of halogens is 4. The molecule has 0 aliphatic carbocycles. The van der Waals surface area contributed by atoms with Crippen LogP contribution in [0.25, 0.3) is 11.1 Å². The van der Waals surface area contributed by atoms with E-state index >= 15 is 0 Å². The first-order valence-corrected chi connectivity index (χ1v) is 10.9. The van der Waals surface area contributed by atoms with Crippen molar-refractivity contribution >= 4 is 29.9 Å². The third-order valence-electron chi connectivity index (χ3n) is 5.26. The van der Waals surface area contributed by atoms with Gasteiger partial charge in [0.1, 0.15) is 17.6 Å². The van der Waals surface area contributed by atoms with E-state index in [1.54, 1.807) is 30.3 Å². The Labute approximate surface area is 208 Å².